The standard InChI is InChI=1S/C12H26O4S.Co.NO3.Na.H/c1-2-3-4-5-6-7-8-9-10-11-12-16-17(13,14)15;;2-1(3)4;;/h2-12H2,1H3,(H,13,14,15);;;;/q;;-1;+1;-1. The first-order valence-corrected chi connectivity index (χ1v) is 8.59. The Hall–Kier alpha value is 0.576. The van der Waals surface area contributed by atoms with E-state index in [4.69, 9.17) is 19.9 Å². The van der Waals surface area contributed by atoms with Crippen LogP contribution in [0.3, 0.4) is 0 Å². The molecular formula is C12H27CoNNaO7S-. The van der Waals surface area contributed by atoms with Crippen LogP contribution in [0.15, 0.2) is 0 Å². The molecule has 0 bridgehead atoms. The van der Waals surface area contributed by atoms with Gasteiger partial charge in [0.05, 0.1) is 11.7 Å². The Morgan fingerprint density at radius 1 is 0.957 bits per heavy atom. The van der Waals surface area contributed by atoms with E-state index >= 15 is 0 Å². The van der Waals surface area contributed by atoms with Gasteiger partial charge in [-0.2, -0.15) is 8.42 Å². The molecule has 23 heavy (non-hydrogen) atoms. The maximum atomic E-state index is 10.2. The summed E-state index contributed by atoms with van der Waals surface area (Å²) in [6.45, 7) is 2.31. The largest absolute Gasteiger partial charge is 1.00 e. The molecule has 0 fully saturated rings. The second-order valence-corrected chi connectivity index (χ2v) is 5.75. The molecule has 0 spiro atoms. The predicted octanol–water partition coefficient (Wildman–Crippen LogP) is 0.602. The first kappa shape index (κ1) is 31.4. The number of rotatable bonds is 12. The fourth-order valence-electron chi connectivity index (χ4n) is 1.75. The van der Waals surface area contributed by atoms with E-state index in [9.17, 15) is 8.42 Å². The average molecular weight is 411 g/mol. The van der Waals surface area contributed by atoms with Crippen molar-refractivity contribution in [1.29, 1.82) is 0 Å². The van der Waals surface area contributed by atoms with Gasteiger partial charge in [0.15, 0.2) is 0 Å². The van der Waals surface area contributed by atoms with E-state index in [1.54, 1.807) is 0 Å². The molecule has 0 aliphatic carbocycles. The summed E-state index contributed by atoms with van der Waals surface area (Å²) < 4.78 is 33.0. The fourth-order valence-corrected chi connectivity index (χ4v) is 2.08. The van der Waals surface area contributed by atoms with Gasteiger partial charge in [-0.25, -0.2) is 4.18 Å². The second kappa shape index (κ2) is 22.6. The van der Waals surface area contributed by atoms with Crippen LogP contribution in [0.4, 0.5) is 0 Å². The number of hydrogen-bond donors (Lipinski definition) is 1. The van der Waals surface area contributed by atoms with Crippen molar-refractivity contribution >= 4 is 10.4 Å². The van der Waals surface area contributed by atoms with Crippen LogP contribution < -0.4 is 29.6 Å². The van der Waals surface area contributed by atoms with Crippen molar-refractivity contribution in [2.24, 2.45) is 0 Å². The molecule has 0 aliphatic rings. The van der Waals surface area contributed by atoms with Crippen molar-refractivity contribution < 1.29 is 70.0 Å². The summed E-state index contributed by atoms with van der Waals surface area (Å²) in [5.41, 5.74) is 0. The first-order valence-electron chi connectivity index (χ1n) is 7.23. The van der Waals surface area contributed by atoms with Crippen LogP contribution in [-0.4, -0.2) is 24.7 Å². The maximum Gasteiger partial charge on any atom is 1.00 e. The van der Waals surface area contributed by atoms with Gasteiger partial charge in [0, 0.05) is 16.8 Å². The van der Waals surface area contributed by atoms with E-state index in [1.807, 2.05) is 0 Å². The maximum absolute atomic E-state index is 10.2. The summed E-state index contributed by atoms with van der Waals surface area (Å²) in [6, 6.07) is 0. The summed E-state index contributed by atoms with van der Waals surface area (Å²) in [4.78, 5) is 8.25. The van der Waals surface area contributed by atoms with Crippen molar-refractivity contribution in [1.82, 2.24) is 0 Å². The van der Waals surface area contributed by atoms with Gasteiger partial charge in [-0.15, -0.1) is 0 Å². The van der Waals surface area contributed by atoms with Gasteiger partial charge in [-0.05, 0) is 6.42 Å². The van der Waals surface area contributed by atoms with E-state index in [1.165, 1.54) is 44.9 Å². The Morgan fingerprint density at radius 2 is 1.26 bits per heavy atom. The molecule has 11 heteroatoms. The van der Waals surface area contributed by atoms with Gasteiger partial charge in [0.2, 0.25) is 0 Å². The molecule has 0 aromatic heterocycles. The zero-order chi connectivity index (χ0) is 16.6. The quantitative estimate of drug-likeness (QED) is 0.164. The number of nitrogens with zero attached hydrogens (tertiary/aromatic N) is 1. The van der Waals surface area contributed by atoms with Crippen molar-refractivity contribution in [2.75, 3.05) is 6.61 Å². The summed E-state index contributed by atoms with van der Waals surface area (Å²) in [5, 5.41) is 14.8. The topological polar surface area (TPSA) is 130 Å². The van der Waals surface area contributed by atoms with E-state index in [-0.39, 0.29) is 54.4 Å². The van der Waals surface area contributed by atoms with Gasteiger partial charge in [-0.1, -0.05) is 64.7 Å². The van der Waals surface area contributed by atoms with Crippen LogP contribution in [0.5, 0.6) is 0 Å². The molecule has 0 aliphatic heterocycles. The zero-order valence-corrected chi connectivity index (χ0v) is 17.7. The van der Waals surface area contributed by atoms with E-state index in [0.717, 1.165) is 12.8 Å². The summed E-state index contributed by atoms with van der Waals surface area (Å²) in [7, 11) is -4.23. The van der Waals surface area contributed by atoms with Gasteiger partial charge >= 0.3 is 40.0 Å². The van der Waals surface area contributed by atoms with Gasteiger partial charge in [-0.3, -0.25) is 4.55 Å². The minimum atomic E-state index is -4.23. The Morgan fingerprint density at radius 3 is 1.57 bits per heavy atom. The molecule has 0 aromatic carbocycles. The van der Waals surface area contributed by atoms with Gasteiger partial charge in [0.25, 0.3) is 0 Å². The summed E-state index contributed by atoms with van der Waals surface area (Å²) >= 11 is 0. The molecule has 1 N–H and O–H groups in total. The third kappa shape index (κ3) is 45.0. The Labute approximate surface area is 172 Å². The molecule has 8 nitrogen and oxygen atoms in total. The Balaban J connectivity index is -0.000000154. The molecule has 1 radical (unpaired) electrons. The van der Waals surface area contributed by atoms with Crippen LogP contribution in [0, 0.1) is 15.3 Å². The van der Waals surface area contributed by atoms with Gasteiger partial charge < -0.3 is 16.7 Å². The van der Waals surface area contributed by atoms with E-state index < -0.39 is 15.5 Å². The molecular weight excluding hydrogens is 384 g/mol. The minimum absolute atomic E-state index is 0. The van der Waals surface area contributed by atoms with Crippen molar-refractivity contribution in [2.45, 2.75) is 71.1 Å². The van der Waals surface area contributed by atoms with Gasteiger partial charge in [0.1, 0.15) is 0 Å². The van der Waals surface area contributed by atoms with E-state index in [2.05, 4.69) is 11.1 Å². The van der Waals surface area contributed by atoms with Crippen molar-refractivity contribution in [3.05, 3.63) is 15.3 Å². The second-order valence-electron chi connectivity index (χ2n) is 4.66. The van der Waals surface area contributed by atoms with Crippen molar-refractivity contribution in [3.63, 3.8) is 0 Å². The monoisotopic (exact) mass is 411 g/mol. The first-order chi connectivity index (χ1) is 9.79. The number of hydrogen-bond acceptors (Lipinski definition) is 6. The zero-order valence-electron chi connectivity index (χ0n) is 14.9. The minimum Gasteiger partial charge on any atom is -1.00 e. The smallest absolute Gasteiger partial charge is 1.00 e. The summed E-state index contributed by atoms with van der Waals surface area (Å²) in [6.07, 6.45) is 11.9. The van der Waals surface area contributed by atoms with E-state index in [0.29, 0.717) is 6.42 Å². The van der Waals surface area contributed by atoms with Crippen LogP contribution >= 0.6 is 0 Å². The molecule has 0 aromatic rings. The van der Waals surface area contributed by atoms with Crippen LogP contribution in [0.2, 0.25) is 0 Å². The molecule has 0 unspecified atom stereocenters. The van der Waals surface area contributed by atoms with Crippen LogP contribution in [0.25, 0.3) is 0 Å². The summed E-state index contributed by atoms with van der Waals surface area (Å²) in [5.74, 6) is 0. The van der Waals surface area contributed by atoms with Crippen LogP contribution in [-0.2, 0) is 31.4 Å². The Bertz CT molecular complexity index is 346. The molecule has 0 rings (SSSR count). The average Bonchev–Trinajstić information content (AvgIpc) is 2.34. The molecule has 0 heterocycles. The fraction of sp³-hybridized carbons (Fsp3) is 1.00. The SMILES string of the molecule is CCCCCCCCCCCCOS(=O)(=O)O.O=[N+]([O-])[O-].[Co].[H-].[Na+]. The predicted molar refractivity (Wildman–Crippen MR) is 80.8 cm³/mol. The van der Waals surface area contributed by atoms with Crippen LogP contribution in [0.1, 0.15) is 72.6 Å². The normalized spacial score (nSPS) is 9.83. The Kier molecular flexibility index (Phi) is 30.8. The third-order valence-electron chi connectivity index (χ3n) is 2.73. The number of unbranched alkanes of at least 4 members (excludes halogenated alkanes) is 9. The molecule has 139 valence electrons. The third-order valence-corrected chi connectivity index (χ3v) is 3.19. The van der Waals surface area contributed by atoms with Crippen molar-refractivity contribution in [3.8, 4) is 0 Å². The molecule has 0 amide bonds. The molecule has 0 saturated carbocycles. The molecule has 0 saturated heterocycles. The molecule has 0 atom stereocenters.